The number of benzene rings is 1. The molecule has 0 heterocycles. The number of nitrogens with two attached hydrogens (primary N) is 1. The summed E-state index contributed by atoms with van der Waals surface area (Å²) >= 11 is 0. The summed E-state index contributed by atoms with van der Waals surface area (Å²) in [5.74, 6) is -2.14. The Labute approximate surface area is 118 Å². The number of hydrogen-bond donors (Lipinski definition) is 3. The van der Waals surface area contributed by atoms with E-state index < -0.39 is 52.1 Å². The van der Waals surface area contributed by atoms with Crippen molar-refractivity contribution in [1.29, 1.82) is 5.41 Å². The molecule has 1 aromatic rings. The van der Waals surface area contributed by atoms with Crippen LogP contribution >= 0.6 is 0 Å². The van der Waals surface area contributed by atoms with Crippen molar-refractivity contribution in [2.75, 3.05) is 10.5 Å². The van der Waals surface area contributed by atoms with E-state index in [2.05, 4.69) is 0 Å². The molecule has 0 aliphatic rings. The minimum Gasteiger partial charge on any atom is -0.384 e. The first kappa shape index (κ1) is 17.2. The molecule has 0 saturated heterocycles. The molecule has 1 aromatic carbocycles. The van der Waals surface area contributed by atoms with Crippen LogP contribution in [0.1, 0.15) is 18.4 Å². The molecule has 0 aliphatic carbocycles. The third-order valence-corrected chi connectivity index (χ3v) is 3.78. The number of rotatable bonds is 6. The van der Waals surface area contributed by atoms with Crippen molar-refractivity contribution < 1.29 is 26.0 Å². The van der Waals surface area contributed by atoms with Crippen LogP contribution in [0.15, 0.2) is 18.2 Å². The molecule has 0 radical (unpaired) electrons. The standard InChI is InChI=1S/C11H13F4N3O2S/c12-8-6-7(10(16)17)2-3-9(8)18-21(19,20)5-1-4-11(13,14)15/h2-3,6,18H,1,4-5H2,(H3,16,17). The fraction of sp³-hybridized carbons (Fsp3) is 0.364. The van der Waals surface area contributed by atoms with Crippen LogP contribution in [0.25, 0.3) is 0 Å². The number of hydrogen-bond acceptors (Lipinski definition) is 3. The van der Waals surface area contributed by atoms with Gasteiger partial charge in [-0.15, -0.1) is 0 Å². The summed E-state index contributed by atoms with van der Waals surface area (Å²) in [4.78, 5) is 0. The fourth-order valence-electron chi connectivity index (χ4n) is 1.45. The molecule has 0 bridgehead atoms. The summed E-state index contributed by atoms with van der Waals surface area (Å²) < 4.78 is 74.3. The van der Waals surface area contributed by atoms with Crippen LogP contribution in [-0.4, -0.2) is 26.2 Å². The highest BCUT2D eigenvalue weighted by Gasteiger charge is 2.27. The number of halogens is 4. The Morgan fingerprint density at radius 1 is 1.33 bits per heavy atom. The first-order valence-corrected chi connectivity index (χ1v) is 7.36. The van der Waals surface area contributed by atoms with Gasteiger partial charge in [0.1, 0.15) is 11.7 Å². The van der Waals surface area contributed by atoms with Gasteiger partial charge in [-0.05, 0) is 24.6 Å². The molecule has 0 amide bonds. The van der Waals surface area contributed by atoms with E-state index in [1.54, 1.807) is 0 Å². The first-order chi connectivity index (χ1) is 9.50. The maximum Gasteiger partial charge on any atom is 0.389 e. The van der Waals surface area contributed by atoms with Crippen LogP contribution in [0, 0.1) is 11.2 Å². The van der Waals surface area contributed by atoms with Gasteiger partial charge in [-0.25, -0.2) is 12.8 Å². The molecule has 0 aliphatic heterocycles. The normalized spacial score (nSPS) is 12.2. The first-order valence-electron chi connectivity index (χ1n) is 5.71. The molecule has 0 atom stereocenters. The van der Waals surface area contributed by atoms with Crippen LogP contribution in [-0.2, 0) is 10.0 Å². The van der Waals surface area contributed by atoms with Gasteiger partial charge in [0.15, 0.2) is 0 Å². The quantitative estimate of drug-likeness (QED) is 0.424. The Bertz CT molecular complexity index is 629. The summed E-state index contributed by atoms with van der Waals surface area (Å²) in [6, 6.07) is 3.13. The zero-order valence-corrected chi connectivity index (χ0v) is 11.5. The lowest BCUT2D eigenvalue weighted by Gasteiger charge is -2.10. The molecule has 21 heavy (non-hydrogen) atoms. The number of nitrogen functional groups attached to an aromatic ring is 1. The predicted molar refractivity (Wildman–Crippen MR) is 70.1 cm³/mol. The van der Waals surface area contributed by atoms with E-state index in [9.17, 15) is 26.0 Å². The van der Waals surface area contributed by atoms with Gasteiger partial charge in [-0.3, -0.25) is 10.1 Å². The molecule has 5 nitrogen and oxygen atoms in total. The highest BCUT2D eigenvalue weighted by Crippen LogP contribution is 2.22. The third kappa shape index (κ3) is 5.98. The fourth-order valence-corrected chi connectivity index (χ4v) is 2.57. The van der Waals surface area contributed by atoms with E-state index in [0.717, 1.165) is 12.1 Å². The highest BCUT2D eigenvalue weighted by molar-refractivity contribution is 7.92. The molecule has 0 saturated carbocycles. The summed E-state index contributed by atoms with van der Waals surface area (Å²) in [5, 5.41) is 7.10. The van der Waals surface area contributed by atoms with Gasteiger partial charge in [0.05, 0.1) is 11.4 Å². The molecule has 0 spiro atoms. The van der Waals surface area contributed by atoms with Gasteiger partial charge in [0.2, 0.25) is 10.0 Å². The summed E-state index contributed by atoms with van der Waals surface area (Å²) in [5.41, 5.74) is 4.79. The van der Waals surface area contributed by atoms with Crippen molar-refractivity contribution in [1.82, 2.24) is 0 Å². The second-order valence-electron chi connectivity index (χ2n) is 4.25. The predicted octanol–water partition coefficient (Wildman–Crippen LogP) is 2.19. The zero-order chi connectivity index (χ0) is 16.3. The van der Waals surface area contributed by atoms with Gasteiger partial charge in [0.25, 0.3) is 0 Å². The van der Waals surface area contributed by atoms with E-state index in [1.165, 1.54) is 6.07 Å². The number of nitrogens with one attached hydrogen (secondary N) is 2. The van der Waals surface area contributed by atoms with Gasteiger partial charge in [-0.1, -0.05) is 0 Å². The topological polar surface area (TPSA) is 96.0 Å². The number of alkyl halides is 3. The van der Waals surface area contributed by atoms with Crippen LogP contribution in [0.3, 0.4) is 0 Å². The minimum absolute atomic E-state index is 0.0625. The largest absolute Gasteiger partial charge is 0.389 e. The van der Waals surface area contributed by atoms with Crippen molar-refractivity contribution in [2.24, 2.45) is 5.73 Å². The molecule has 118 valence electrons. The lowest BCUT2D eigenvalue weighted by atomic mass is 10.2. The average Bonchev–Trinajstić information content (AvgIpc) is 2.29. The van der Waals surface area contributed by atoms with E-state index in [4.69, 9.17) is 11.1 Å². The molecule has 0 fully saturated rings. The van der Waals surface area contributed by atoms with Crippen LogP contribution in [0.5, 0.6) is 0 Å². The molecule has 10 heteroatoms. The lowest BCUT2D eigenvalue weighted by molar-refractivity contribution is -0.134. The second kappa shape index (κ2) is 6.29. The Kier molecular flexibility index (Phi) is 5.15. The molecule has 1 rings (SSSR count). The van der Waals surface area contributed by atoms with Crippen LogP contribution in [0.4, 0.5) is 23.2 Å². The van der Waals surface area contributed by atoms with Crippen LogP contribution < -0.4 is 10.5 Å². The van der Waals surface area contributed by atoms with E-state index in [-0.39, 0.29) is 5.56 Å². The summed E-state index contributed by atoms with van der Waals surface area (Å²) in [7, 11) is -4.09. The van der Waals surface area contributed by atoms with Crippen molar-refractivity contribution in [3.63, 3.8) is 0 Å². The van der Waals surface area contributed by atoms with Gasteiger partial charge < -0.3 is 5.73 Å². The third-order valence-electron chi connectivity index (χ3n) is 2.42. The van der Waals surface area contributed by atoms with E-state index in [0.29, 0.717) is 0 Å². The highest BCUT2D eigenvalue weighted by atomic mass is 32.2. The number of anilines is 1. The van der Waals surface area contributed by atoms with Gasteiger partial charge in [-0.2, -0.15) is 13.2 Å². The van der Waals surface area contributed by atoms with Gasteiger partial charge in [0, 0.05) is 12.0 Å². The second-order valence-corrected chi connectivity index (χ2v) is 6.09. The molecule has 0 aromatic heterocycles. The van der Waals surface area contributed by atoms with E-state index >= 15 is 0 Å². The number of sulfonamides is 1. The average molecular weight is 327 g/mol. The van der Waals surface area contributed by atoms with Crippen LogP contribution in [0.2, 0.25) is 0 Å². The molecule has 0 unspecified atom stereocenters. The Morgan fingerprint density at radius 3 is 2.43 bits per heavy atom. The van der Waals surface area contributed by atoms with E-state index in [1.807, 2.05) is 4.72 Å². The molecular formula is C11H13F4N3O2S. The Balaban J connectivity index is 2.73. The zero-order valence-electron chi connectivity index (χ0n) is 10.7. The van der Waals surface area contributed by atoms with Crippen molar-refractivity contribution in [3.8, 4) is 0 Å². The van der Waals surface area contributed by atoms with Crippen molar-refractivity contribution in [3.05, 3.63) is 29.6 Å². The monoisotopic (exact) mass is 327 g/mol. The Hall–Kier alpha value is -1.84. The van der Waals surface area contributed by atoms with Crippen molar-refractivity contribution >= 4 is 21.5 Å². The molecular weight excluding hydrogens is 314 g/mol. The smallest absolute Gasteiger partial charge is 0.384 e. The lowest BCUT2D eigenvalue weighted by Crippen LogP contribution is -2.20. The maximum atomic E-state index is 13.6. The Morgan fingerprint density at radius 2 is 1.95 bits per heavy atom. The molecule has 4 N–H and O–H groups in total. The number of amidine groups is 1. The maximum absolute atomic E-state index is 13.6. The van der Waals surface area contributed by atoms with Gasteiger partial charge >= 0.3 is 6.18 Å². The summed E-state index contributed by atoms with van der Waals surface area (Å²) in [6.07, 6.45) is -6.30. The minimum atomic E-state index is -4.44. The van der Waals surface area contributed by atoms with Crippen molar-refractivity contribution in [2.45, 2.75) is 19.0 Å². The SMILES string of the molecule is N=C(N)c1ccc(NS(=O)(=O)CCCC(F)(F)F)c(F)c1. The summed E-state index contributed by atoms with van der Waals surface area (Å²) in [6.45, 7) is 0.